The Morgan fingerprint density at radius 2 is 2.14 bits per heavy atom. The van der Waals surface area contributed by atoms with E-state index in [1.807, 2.05) is 12.1 Å². The Bertz CT molecular complexity index is 850. The first kappa shape index (κ1) is 12.8. The molecule has 0 unspecified atom stereocenters. The molecule has 1 spiro atoms. The van der Waals surface area contributed by atoms with Crippen LogP contribution in [0.2, 0.25) is 0 Å². The summed E-state index contributed by atoms with van der Waals surface area (Å²) in [7, 11) is 0. The number of ether oxygens (including phenoxy) is 1. The molecular weight excluding hydrogens is 276 g/mol. The van der Waals surface area contributed by atoms with Crippen LogP contribution in [0.3, 0.4) is 0 Å². The SMILES string of the molecule is CC1(C)c2cccnc2N[C@@]12C=Nc1ccc(C#N)cc1O2. The van der Waals surface area contributed by atoms with Crippen LogP contribution < -0.4 is 10.1 Å². The van der Waals surface area contributed by atoms with Gasteiger partial charge in [0.25, 0.3) is 0 Å². The van der Waals surface area contributed by atoms with Crippen molar-refractivity contribution in [3.8, 4) is 11.8 Å². The van der Waals surface area contributed by atoms with Crippen molar-refractivity contribution in [3.05, 3.63) is 47.7 Å². The van der Waals surface area contributed by atoms with Crippen LogP contribution in [0.25, 0.3) is 0 Å². The molecule has 3 heterocycles. The minimum atomic E-state index is -0.801. The van der Waals surface area contributed by atoms with E-state index in [1.54, 1.807) is 30.6 Å². The summed E-state index contributed by atoms with van der Waals surface area (Å²) in [4.78, 5) is 8.92. The number of nitriles is 1. The molecule has 1 atom stereocenters. The molecule has 5 heteroatoms. The summed E-state index contributed by atoms with van der Waals surface area (Å²) < 4.78 is 6.27. The number of nitrogens with one attached hydrogen (secondary N) is 1. The number of rotatable bonds is 0. The fourth-order valence-electron chi connectivity index (χ4n) is 3.02. The third-order valence-electron chi connectivity index (χ3n) is 4.46. The first-order valence-corrected chi connectivity index (χ1v) is 7.08. The Balaban J connectivity index is 1.84. The molecule has 22 heavy (non-hydrogen) atoms. The highest BCUT2D eigenvalue weighted by Gasteiger charge is 2.55. The van der Waals surface area contributed by atoms with Gasteiger partial charge in [-0.25, -0.2) is 4.98 Å². The smallest absolute Gasteiger partial charge is 0.227 e. The average Bonchev–Trinajstić information content (AvgIpc) is 2.74. The van der Waals surface area contributed by atoms with Gasteiger partial charge in [0.2, 0.25) is 5.72 Å². The van der Waals surface area contributed by atoms with Crippen LogP contribution in [0.4, 0.5) is 11.5 Å². The number of hydrogen-bond acceptors (Lipinski definition) is 5. The number of aromatic nitrogens is 1. The highest BCUT2D eigenvalue weighted by molar-refractivity contribution is 5.86. The fraction of sp³-hybridized carbons (Fsp3) is 0.235. The van der Waals surface area contributed by atoms with Gasteiger partial charge in [0.15, 0.2) is 0 Å². The zero-order chi connectivity index (χ0) is 15.4. The summed E-state index contributed by atoms with van der Waals surface area (Å²) in [6.45, 7) is 4.19. The molecule has 5 nitrogen and oxygen atoms in total. The number of anilines is 1. The third-order valence-corrected chi connectivity index (χ3v) is 4.46. The highest BCUT2D eigenvalue weighted by atomic mass is 16.5. The molecule has 4 rings (SSSR count). The minimum absolute atomic E-state index is 0.347. The van der Waals surface area contributed by atoms with E-state index in [2.05, 4.69) is 35.2 Å². The second-order valence-corrected chi connectivity index (χ2v) is 6.04. The van der Waals surface area contributed by atoms with Crippen LogP contribution >= 0.6 is 0 Å². The van der Waals surface area contributed by atoms with Crippen LogP contribution in [0.15, 0.2) is 41.5 Å². The van der Waals surface area contributed by atoms with Gasteiger partial charge in [-0.1, -0.05) is 6.07 Å². The molecule has 0 radical (unpaired) electrons. The van der Waals surface area contributed by atoms with E-state index in [-0.39, 0.29) is 5.41 Å². The van der Waals surface area contributed by atoms with E-state index in [1.165, 1.54) is 0 Å². The summed E-state index contributed by atoms with van der Waals surface area (Å²) in [6.07, 6.45) is 3.55. The normalized spacial score (nSPS) is 23.1. The van der Waals surface area contributed by atoms with Gasteiger partial charge in [0, 0.05) is 17.8 Å². The summed E-state index contributed by atoms with van der Waals surface area (Å²) in [5.74, 6) is 1.41. The maximum atomic E-state index is 9.07. The Hall–Kier alpha value is -2.87. The first-order valence-electron chi connectivity index (χ1n) is 7.08. The lowest BCUT2D eigenvalue weighted by Crippen LogP contribution is -2.56. The maximum absolute atomic E-state index is 9.07. The van der Waals surface area contributed by atoms with Gasteiger partial charge in [0.05, 0.1) is 23.3 Å². The zero-order valence-corrected chi connectivity index (χ0v) is 12.3. The molecule has 2 aromatic rings. The molecule has 2 aliphatic rings. The minimum Gasteiger partial charge on any atom is -0.460 e. The van der Waals surface area contributed by atoms with E-state index in [0.29, 0.717) is 11.3 Å². The van der Waals surface area contributed by atoms with Crippen molar-refractivity contribution < 1.29 is 4.74 Å². The lowest BCUT2D eigenvalue weighted by atomic mass is 9.78. The molecule has 0 bridgehead atoms. The molecule has 0 saturated carbocycles. The Morgan fingerprint density at radius 3 is 2.91 bits per heavy atom. The van der Waals surface area contributed by atoms with Gasteiger partial charge in [-0.3, -0.25) is 4.99 Å². The molecule has 0 fully saturated rings. The largest absolute Gasteiger partial charge is 0.460 e. The first-order chi connectivity index (χ1) is 10.6. The molecule has 1 N–H and O–H groups in total. The average molecular weight is 290 g/mol. The number of pyridine rings is 1. The Kier molecular flexibility index (Phi) is 2.38. The molecule has 1 aromatic heterocycles. The third kappa shape index (κ3) is 1.52. The second kappa shape index (κ2) is 4.08. The number of hydrogen-bond donors (Lipinski definition) is 1. The van der Waals surface area contributed by atoms with Crippen LogP contribution in [0, 0.1) is 11.3 Å². The monoisotopic (exact) mass is 290 g/mol. The van der Waals surface area contributed by atoms with Crippen molar-refractivity contribution in [1.82, 2.24) is 4.98 Å². The number of nitrogens with zero attached hydrogens (tertiary/aromatic N) is 3. The van der Waals surface area contributed by atoms with Gasteiger partial charge in [-0.05, 0) is 32.0 Å². The number of aliphatic imine (C=N–C) groups is 1. The maximum Gasteiger partial charge on any atom is 0.227 e. The summed E-state index contributed by atoms with van der Waals surface area (Å²) >= 11 is 0. The van der Waals surface area contributed by atoms with Crippen molar-refractivity contribution in [2.75, 3.05) is 5.32 Å². The zero-order valence-electron chi connectivity index (χ0n) is 12.3. The fourth-order valence-corrected chi connectivity index (χ4v) is 3.02. The Morgan fingerprint density at radius 1 is 1.27 bits per heavy atom. The van der Waals surface area contributed by atoms with E-state index in [4.69, 9.17) is 10.00 Å². The lowest BCUT2D eigenvalue weighted by Gasteiger charge is -2.40. The molecule has 1 aromatic carbocycles. The van der Waals surface area contributed by atoms with Gasteiger partial charge in [-0.15, -0.1) is 0 Å². The van der Waals surface area contributed by atoms with Crippen molar-refractivity contribution >= 4 is 17.7 Å². The Labute approximate surface area is 128 Å². The van der Waals surface area contributed by atoms with Gasteiger partial charge in [0.1, 0.15) is 17.3 Å². The van der Waals surface area contributed by atoms with E-state index < -0.39 is 5.72 Å². The molecule has 0 amide bonds. The van der Waals surface area contributed by atoms with Crippen molar-refractivity contribution in [1.29, 1.82) is 5.26 Å². The quantitative estimate of drug-likeness (QED) is 0.809. The van der Waals surface area contributed by atoms with Crippen LogP contribution in [0.1, 0.15) is 25.0 Å². The van der Waals surface area contributed by atoms with Gasteiger partial charge in [-0.2, -0.15) is 5.26 Å². The van der Waals surface area contributed by atoms with Crippen LogP contribution in [-0.4, -0.2) is 16.9 Å². The standard InChI is InChI=1S/C17H14N4O/c1-16(2)12-4-3-7-19-15(12)21-17(16)10-20-13-6-5-11(9-18)8-14(13)22-17/h3-8,10H,1-2H3,(H,19,21)/t17-/m1/s1. The van der Waals surface area contributed by atoms with E-state index in [9.17, 15) is 0 Å². The number of benzene rings is 1. The second-order valence-electron chi connectivity index (χ2n) is 6.04. The molecule has 2 aliphatic heterocycles. The van der Waals surface area contributed by atoms with Gasteiger partial charge >= 0.3 is 0 Å². The topological polar surface area (TPSA) is 70.3 Å². The molecule has 0 aliphatic carbocycles. The van der Waals surface area contributed by atoms with E-state index in [0.717, 1.165) is 17.1 Å². The van der Waals surface area contributed by atoms with Crippen molar-refractivity contribution in [2.45, 2.75) is 25.0 Å². The van der Waals surface area contributed by atoms with E-state index >= 15 is 0 Å². The lowest BCUT2D eigenvalue weighted by molar-refractivity contribution is 0.106. The van der Waals surface area contributed by atoms with Crippen LogP contribution in [-0.2, 0) is 5.41 Å². The van der Waals surface area contributed by atoms with Crippen molar-refractivity contribution in [2.24, 2.45) is 4.99 Å². The number of fused-ring (bicyclic) bond motifs is 2. The summed E-state index contributed by atoms with van der Waals surface area (Å²) in [5, 5.41) is 12.4. The highest BCUT2D eigenvalue weighted by Crippen LogP contribution is 2.49. The molecule has 0 saturated heterocycles. The predicted molar refractivity (Wildman–Crippen MR) is 83.6 cm³/mol. The van der Waals surface area contributed by atoms with Gasteiger partial charge < -0.3 is 10.1 Å². The summed E-state index contributed by atoms with van der Waals surface area (Å²) in [6, 6.07) is 11.4. The molecular formula is C17H14N4O. The molecule has 108 valence electrons. The predicted octanol–water partition coefficient (Wildman–Crippen LogP) is 3.15. The summed E-state index contributed by atoms with van der Waals surface area (Å²) in [5.41, 5.74) is 1.22. The van der Waals surface area contributed by atoms with Crippen LogP contribution in [0.5, 0.6) is 5.75 Å². The van der Waals surface area contributed by atoms with Crippen molar-refractivity contribution in [3.63, 3.8) is 0 Å².